The number of morpholine rings is 1. The highest BCUT2D eigenvalue weighted by Gasteiger charge is 2.30. The summed E-state index contributed by atoms with van der Waals surface area (Å²) < 4.78 is 40.8. The molecule has 0 bridgehead atoms. The van der Waals surface area contributed by atoms with Crippen LogP contribution in [-0.4, -0.2) is 43.0 Å². The molecule has 8 heteroatoms. The number of ether oxygens (including phenoxy) is 2. The summed E-state index contributed by atoms with van der Waals surface area (Å²) in [6.07, 6.45) is 1.36. The van der Waals surface area contributed by atoms with E-state index in [1.807, 2.05) is 39.8 Å². The van der Waals surface area contributed by atoms with E-state index in [1.54, 1.807) is 18.3 Å². The molecular weight excluding hydrogens is 378 g/mol. The van der Waals surface area contributed by atoms with Crippen LogP contribution in [0.3, 0.4) is 0 Å². The molecule has 2 aromatic rings. The lowest BCUT2D eigenvalue weighted by Gasteiger charge is -2.34. The van der Waals surface area contributed by atoms with Gasteiger partial charge in [0.15, 0.2) is 0 Å². The predicted molar refractivity (Wildman–Crippen MR) is 108 cm³/mol. The van der Waals surface area contributed by atoms with Crippen LogP contribution in [0, 0.1) is 13.8 Å². The number of nitrogens with zero attached hydrogens (tertiary/aromatic N) is 2. The fraction of sp³-hybridized carbons (Fsp3) is 0.450. The summed E-state index contributed by atoms with van der Waals surface area (Å²) in [7, 11) is -3.59. The number of pyridine rings is 1. The van der Waals surface area contributed by atoms with Crippen molar-refractivity contribution in [3.63, 3.8) is 0 Å². The quantitative estimate of drug-likeness (QED) is 0.799. The van der Waals surface area contributed by atoms with Gasteiger partial charge in [-0.2, -0.15) is 17.4 Å². The molecule has 2 heterocycles. The Morgan fingerprint density at radius 3 is 2.43 bits per heavy atom. The largest absolute Gasteiger partial charge is 0.439 e. The van der Waals surface area contributed by atoms with Crippen LogP contribution in [-0.2, 0) is 21.5 Å². The zero-order chi connectivity index (χ0) is 20.3. The first kappa shape index (κ1) is 20.7. The Hall–Kier alpha value is -2.00. The van der Waals surface area contributed by atoms with E-state index >= 15 is 0 Å². The maximum Gasteiger partial charge on any atom is 0.279 e. The van der Waals surface area contributed by atoms with Gasteiger partial charge in [-0.05, 0) is 62.6 Å². The summed E-state index contributed by atoms with van der Waals surface area (Å²) in [5.74, 6) is 1.13. The van der Waals surface area contributed by atoms with Crippen molar-refractivity contribution in [2.24, 2.45) is 0 Å². The Balaban J connectivity index is 1.66. The van der Waals surface area contributed by atoms with E-state index in [1.165, 1.54) is 4.31 Å². The summed E-state index contributed by atoms with van der Waals surface area (Å²) in [6.45, 7) is 8.61. The zero-order valence-corrected chi connectivity index (χ0v) is 17.5. The van der Waals surface area contributed by atoms with Crippen LogP contribution in [0.15, 0.2) is 36.5 Å². The summed E-state index contributed by atoms with van der Waals surface area (Å²) >= 11 is 0. The molecule has 1 aliphatic rings. The third-order valence-corrected chi connectivity index (χ3v) is 5.89. The minimum atomic E-state index is -3.59. The molecule has 1 aromatic heterocycles. The second-order valence-electron chi connectivity index (χ2n) is 7.33. The summed E-state index contributed by atoms with van der Waals surface area (Å²) in [5, 5.41) is 0. The molecule has 1 saturated heterocycles. The Morgan fingerprint density at radius 1 is 1.14 bits per heavy atom. The van der Waals surface area contributed by atoms with Crippen molar-refractivity contribution in [1.29, 1.82) is 0 Å². The van der Waals surface area contributed by atoms with Crippen LogP contribution in [0.2, 0.25) is 0 Å². The third kappa shape index (κ3) is 5.51. The third-order valence-electron chi connectivity index (χ3n) is 4.40. The van der Waals surface area contributed by atoms with Crippen molar-refractivity contribution >= 4 is 10.2 Å². The topological polar surface area (TPSA) is 80.8 Å². The number of hydrogen-bond donors (Lipinski definition) is 1. The van der Waals surface area contributed by atoms with E-state index in [0.717, 1.165) is 16.7 Å². The first-order chi connectivity index (χ1) is 13.2. The van der Waals surface area contributed by atoms with E-state index in [9.17, 15) is 8.42 Å². The van der Waals surface area contributed by atoms with Gasteiger partial charge in [0.1, 0.15) is 5.75 Å². The number of nitrogens with one attached hydrogen (secondary N) is 1. The fourth-order valence-corrected chi connectivity index (χ4v) is 4.67. The van der Waals surface area contributed by atoms with Crippen LogP contribution < -0.4 is 9.46 Å². The molecule has 1 aromatic carbocycles. The molecule has 1 fully saturated rings. The fourth-order valence-electron chi connectivity index (χ4n) is 3.32. The van der Waals surface area contributed by atoms with Gasteiger partial charge in [-0.15, -0.1) is 0 Å². The van der Waals surface area contributed by atoms with Gasteiger partial charge in [-0.1, -0.05) is 6.07 Å². The smallest absolute Gasteiger partial charge is 0.279 e. The monoisotopic (exact) mass is 405 g/mol. The highest BCUT2D eigenvalue weighted by molar-refractivity contribution is 7.87. The second-order valence-corrected chi connectivity index (χ2v) is 9.08. The van der Waals surface area contributed by atoms with Gasteiger partial charge in [0.2, 0.25) is 5.88 Å². The van der Waals surface area contributed by atoms with Crippen LogP contribution in [0.4, 0.5) is 0 Å². The average molecular weight is 406 g/mol. The van der Waals surface area contributed by atoms with Crippen molar-refractivity contribution in [1.82, 2.24) is 14.0 Å². The van der Waals surface area contributed by atoms with E-state index in [4.69, 9.17) is 9.47 Å². The van der Waals surface area contributed by atoms with E-state index in [2.05, 4.69) is 15.8 Å². The molecule has 7 nitrogen and oxygen atoms in total. The summed E-state index contributed by atoms with van der Waals surface area (Å²) in [6, 6.07) is 9.45. The molecule has 28 heavy (non-hydrogen) atoms. The SMILES string of the molecule is Cc1cc(C)cc(Oc2cc(CNS(=O)(=O)N3C[C@@H](C)O[C@H](C)C3)ccn2)c1. The second kappa shape index (κ2) is 8.57. The molecule has 0 unspecified atom stereocenters. The van der Waals surface area contributed by atoms with Crippen LogP contribution in [0.25, 0.3) is 0 Å². The number of aryl methyl sites for hydroxylation is 2. The van der Waals surface area contributed by atoms with Crippen LogP contribution >= 0.6 is 0 Å². The normalized spacial score (nSPS) is 20.9. The van der Waals surface area contributed by atoms with E-state index in [-0.39, 0.29) is 18.8 Å². The first-order valence-electron chi connectivity index (χ1n) is 9.32. The first-order valence-corrected chi connectivity index (χ1v) is 10.8. The number of aromatic nitrogens is 1. The molecule has 152 valence electrons. The average Bonchev–Trinajstić information content (AvgIpc) is 2.59. The number of benzene rings is 1. The zero-order valence-electron chi connectivity index (χ0n) is 16.7. The van der Waals surface area contributed by atoms with Gasteiger partial charge in [-0.25, -0.2) is 4.98 Å². The van der Waals surface area contributed by atoms with Gasteiger partial charge in [-0.3, -0.25) is 0 Å². The molecule has 0 saturated carbocycles. The lowest BCUT2D eigenvalue weighted by Crippen LogP contribution is -2.51. The van der Waals surface area contributed by atoms with Crippen LogP contribution in [0.1, 0.15) is 30.5 Å². The molecule has 0 aliphatic carbocycles. The Morgan fingerprint density at radius 2 is 1.79 bits per heavy atom. The Bertz CT molecular complexity index is 903. The van der Waals surface area contributed by atoms with Gasteiger partial charge in [0.05, 0.1) is 12.2 Å². The van der Waals surface area contributed by atoms with E-state index in [0.29, 0.717) is 24.7 Å². The van der Waals surface area contributed by atoms with Crippen molar-refractivity contribution in [2.75, 3.05) is 13.1 Å². The molecule has 1 aliphatic heterocycles. The van der Waals surface area contributed by atoms with Crippen LogP contribution in [0.5, 0.6) is 11.6 Å². The lowest BCUT2D eigenvalue weighted by molar-refractivity contribution is -0.0444. The van der Waals surface area contributed by atoms with Gasteiger partial charge < -0.3 is 9.47 Å². The predicted octanol–water partition coefficient (Wildman–Crippen LogP) is 2.93. The van der Waals surface area contributed by atoms with Gasteiger partial charge in [0, 0.05) is 31.9 Å². The number of hydrogen-bond acceptors (Lipinski definition) is 5. The standard InChI is InChI=1S/C20H27N3O4S/c1-14-7-15(2)9-19(8-14)27-20-10-18(5-6-21-20)11-22-28(24,25)23-12-16(3)26-17(4)13-23/h5-10,16-17,22H,11-13H2,1-4H3/t16-,17-/m1/s1. The Labute approximate surface area is 166 Å². The molecule has 1 N–H and O–H groups in total. The summed E-state index contributed by atoms with van der Waals surface area (Å²) in [4.78, 5) is 4.22. The molecule has 0 radical (unpaired) electrons. The minimum absolute atomic E-state index is 0.126. The highest BCUT2D eigenvalue weighted by atomic mass is 32.2. The molecule has 0 spiro atoms. The Kier molecular flexibility index (Phi) is 6.34. The maximum atomic E-state index is 12.6. The maximum absolute atomic E-state index is 12.6. The van der Waals surface area contributed by atoms with Crippen molar-refractivity contribution in [3.05, 3.63) is 53.2 Å². The van der Waals surface area contributed by atoms with E-state index < -0.39 is 10.2 Å². The molecule has 0 amide bonds. The van der Waals surface area contributed by atoms with Gasteiger partial charge >= 0.3 is 0 Å². The lowest BCUT2D eigenvalue weighted by atomic mass is 10.1. The van der Waals surface area contributed by atoms with Crippen molar-refractivity contribution in [3.8, 4) is 11.6 Å². The molecular formula is C20H27N3O4S. The van der Waals surface area contributed by atoms with Crippen molar-refractivity contribution < 1.29 is 17.9 Å². The molecule has 3 rings (SSSR count). The number of rotatable bonds is 6. The van der Waals surface area contributed by atoms with Gasteiger partial charge in [0.25, 0.3) is 10.2 Å². The highest BCUT2D eigenvalue weighted by Crippen LogP contribution is 2.23. The molecule has 2 atom stereocenters. The minimum Gasteiger partial charge on any atom is -0.439 e. The van der Waals surface area contributed by atoms with Crippen molar-refractivity contribution in [2.45, 2.75) is 46.4 Å². The summed E-state index contributed by atoms with van der Waals surface area (Å²) in [5.41, 5.74) is 2.98.